The van der Waals surface area contributed by atoms with Crippen molar-refractivity contribution in [1.29, 1.82) is 0 Å². The predicted octanol–water partition coefficient (Wildman–Crippen LogP) is 3.52. The lowest BCUT2D eigenvalue weighted by atomic mass is 9.70. The van der Waals surface area contributed by atoms with Gasteiger partial charge in [-0.3, -0.25) is 0 Å². The molecule has 0 aromatic rings. The molecule has 0 spiro atoms. The molecular formula is C16H34N2. The number of hydrogen-bond acceptors (Lipinski definition) is 2. The van der Waals surface area contributed by atoms with Gasteiger partial charge in [0.05, 0.1) is 0 Å². The highest BCUT2D eigenvalue weighted by molar-refractivity contribution is 5.01. The Morgan fingerprint density at radius 1 is 1.17 bits per heavy atom. The average Bonchev–Trinajstić information content (AvgIpc) is 2.31. The number of hydrogen-bond donors (Lipinski definition) is 1. The van der Waals surface area contributed by atoms with Gasteiger partial charge in [-0.2, -0.15) is 0 Å². The fourth-order valence-electron chi connectivity index (χ4n) is 3.55. The van der Waals surface area contributed by atoms with Gasteiger partial charge in [-0.05, 0) is 71.5 Å². The lowest BCUT2D eigenvalue weighted by Gasteiger charge is -2.50. The van der Waals surface area contributed by atoms with Crippen LogP contribution in [0, 0.1) is 11.8 Å². The third-order valence-electron chi connectivity index (χ3n) is 5.06. The predicted molar refractivity (Wildman–Crippen MR) is 81.0 cm³/mol. The summed E-state index contributed by atoms with van der Waals surface area (Å²) in [5, 5.41) is 3.62. The highest BCUT2D eigenvalue weighted by Crippen LogP contribution is 2.39. The second kappa shape index (κ2) is 6.91. The molecule has 1 aliphatic rings. The van der Waals surface area contributed by atoms with Crippen LogP contribution in [0.1, 0.15) is 59.3 Å². The van der Waals surface area contributed by atoms with Crippen molar-refractivity contribution in [3.8, 4) is 0 Å². The largest absolute Gasteiger partial charge is 0.315 e. The molecule has 1 rings (SSSR count). The summed E-state index contributed by atoms with van der Waals surface area (Å²) in [6.07, 6.45) is 8.11. The molecule has 0 heterocycles. The standard InChI is InChI=1S/C16H34N2/c1-13(2)7-8-15(17-4)16(18(5)6)11-9-14(3)10-12-16/h13-15,17H,7-12H2,1-6H3. The molecule has 0 amide bonds. The zero-order chi connectivity index (χ0) is 13.8. The zero-order valence-electron chi connectivity index (χ0n) is 13.4. The molecule has 2 heteroatoms. The number of rotatable bonds is 6. The van der Waals surface area contributed by atoms with E-state index in [1.807, 2.05) is 0 Å². The average molecular weight is 254 g/mol. The first-order valence-electron chi connectivity index (χ1n) is 7.77. The third kappa shape index (κ3) is 3.71. The van der Waals surface area contributed by atoms with Gasteiger partial charge < -0.3 is 10.2 Å². The summed E-state index contributed by atoms with van der Waals surface area (Å²) in [5.41, 5.74) is 0.385. The minimum atomic E-state index is 0.385. The second-order valence-electron chi connectivity index (χ2n) is 6.99. The molecule has 0 bridgehead atoms. The fourth-order valence-corrected chi connectivity index (χ4v) is 3.55. The molecule has 0 saturated heterocycles. The van der Waals surface area contributed by atoms with Crippen molar-refractivity contribution in [3.05, 3.63) is 0 Å². The molecule has 1 aliphatic carbocycles. The van der Waals surface area contributed by atoms with Crippen LogP contribution >= 0.6 is 0 Å². The van der Waals surface area contributed by atoms with E-state index in [-0.39, 0.29) is 0 Å². The van der Waals surface area contributed by atoms with E-state index in [2.05, 4.69) is 52.1 Å². The normalized spacial score (nSPS) is 31.0. The highest BCUT2D eigenvalue weighted by atomic mass is 15.2. The van der Waals surface area contributed by atoms with Crippen molar-refractivity contribution in [3.63, 3.8) is 0 Å². The zero-order valence-corrected chi connectivity index (χ0v) is 13.4. The van der Waals surface area contributed by atoms with Gasteiger partial charge in [0, 0.05) is 11.6 Å². The monoisotopic (exact) mass is 254 g/mol. The first-order chi connectivity index (χ1) is 8.42. The van der Waals surface area contributed by atoms with E-state index in [1.54, 1.807) is 0 Å². The van der Waals surface area contributed by atoms with Gasteiger partial charge in [0.1, 0.15) is 0 Å². The van der Waals surface area contributed by atoms with Crippen molar-refractivity contribution in [2.75, 3.05) is 21.1 Å². The van der Waals surface area contributed by atoms with Crippen LogP contribution in [0.4, 0.5) is 0 Å². The van der Waals surface area contributed by atoms with Crippen LogP contribution in [0.3, 0.4) is 0 Å². The van der Waals surface area contributed by atoms with Crippen molar-refractivity contribution >= 4 is 0 Å². The maximum atomic E-state index is 3.62. The van der Waals surface area contributed by atoms with E-state index in [0.29, 0.717) is 11.6 Å². The van der Waals surface area contributed by atoms with Gasteiger partial charge in [0.15, 0.2) is 0 Å². The number of nitrogens with one attached hydrogen (secondary N) is 1. The van der Waals surface area contributed by atoms with Crippen molar-refractivity contribution in [2.45, 2.75) is 70.9 Å². The number of likely N-dealkylation sites (N-methyl/N-ethyl adjacent to an activating group) is 2. The van der Waals surface area contributed by atoms with E-state index in [0.717, 1.165) is 11.8 Å². The molecule has 108 valence electrons. The Labute approximate surface area is 115 Å². The molecule has 0 aromatic carbocycles. The number of nitrogens with zero attached hydrogens (tertiary/aromatic N) is 1. The fraction of sp³-hybridized carbons (Fsp3) is 1.00. The highest BCUT2D eigenvalue weighted by Gasteiger charge is 2.41. The van der Waals surface area contributed by atoms with Gasteiger partial charge >= 0.3 is 0 Å². The Morgan fingerprint density at radius 3 is 2.11 bits per heavy atom. The van der Waals surface area contributed by atoms with Crippen LogP contribution in [-0.2, 0) is 0 Å². The van der Waals surface area contributed by atoms with Crippen LogP contribution in [0.2, 0.25) is 0 Å². The quantitative estimate of drug-likeness (QED) is 0.780. The minimum absolute atomic E-state index is 0.385. The van der Waals surface area contributed by atoms with Gasteiger partial charge in [-0.15, -0.1) is 0 Å². The molecule has 1 saturated carbocycles. The van der Waals surface area contributed by atoms with Crippen LogP contribution in [0.5, 0.6) is 0 Å². The van der Waals surface area contributed by atoms with Crippen LogP contribution in [0.25, 0.3) is 0 Å². The second-order valence-corrected chi connectivity index (χ2v) is 6.99. The maximum Gasteiger partial charge on any atom is 0.0356 e. The third-order valence-corrected chi connectivity index (χ3v) is 5.06. The molecule has 1 N–H and O–H groups in total. The summed E-state index contributed by atoms with van der Waals surface area (Å²) in [6.45, 7) is 7.07. The van der Waals surface area contributed by atoms with E-state index < -0.39 is 0 Å². The molecule has 0 aromatic heterocycles. The summed E-state index contributed by atoms with van der Waals surface area (Å²) < 4.78 is 0. The van der Waals surface area contributed by atoms with Crippen LogP contribution in [-0.4, -0.2) is 37.6 Å². The summed E-state index contributed by atoms with van der Waals surface area (Å²) in [4.78, 5) is 2.50. The van der Waals surface area contributed by atoms with Gasteiger partial charge in [0.2, 0.25) is 0 Å². The summed E-state index contributed by atoms with van der Waals surface area (Å²) in [5.74, 6) is 1.73. The topological polar surface area (TPSA) is 15.3 Å². The molecule has 2 nitrogen and oxygen atoms in total. The summed E-state index contributed by atoms with van der Waals surface area (Å²) in [6, 6.07) is 0.641. The van der Waals surface area contributed by atoms with E-state index >= 15 is 0 Å². The first-order valence-corrected chi connectivity index (χ1v) is 7.77. The molecule has 1 fully saturated rings. The Hall–Kier alpha value is -0.0800. The maximum absolute atomic E-state index is 3.62. The molecule has 1 unspecified atom stereocenters. The molecule has 0 aliphatic heterocycles. The van der Waals surface area contributed by atoms with E-state index in [1.165, 1.54) is 38.5 Å². The Morgan fingerprint density at radius 2 is 1.72 bits per heavy atom. The van der Waals surface area contributed by atoms with Gasteiger partial charge in [-0.25, -0.2) is 0 Å². The summed E-state index contributed by atoms with van der Waals surface area (Å²) in [7, 11) is 6.69. The minimum Gasteiger partial charge on any atom is -0.315 e. The Bertz CT molecular complexity index is 227. The van der Waals surface area contributed by atoms with Crippen molar-refractivity contribution < 1.29 is 0 Å². The van der Waals surface area contributed by atoms with Gasteiger partial charge in [0.25, 0.3) is 0 Å². The molecule has 1 atom stereocenters. The van der Waals surface area contributed by atoms with Crippen molar-refractivity contribution in [1.82, 2.24) is 10.2 Å². The van der Waals surface area contributed by atoms with E-state index in [9.17, 15) is 0 Å². The van der Waals surface area contributed by atoms with Crippen LogP contribution < -0.4 is 5.32 Å². The van der Waals surface area contributed by atoms with Gasteiger partial charge in [-0.1, -0.05) is 20.8 Å². The van der Waals surface area contributed by atoms with Crippen molar-refractivity contribution in [2.24, 2.45) is 11.8 Å². The smallest absolute Gasteiger partial charge is 0.0356 e. The first kappa shape index (κ1) is 16.0. The molecular weight excluding hydrogens is 220 g/mol. The SMILES string of the molecule is CNC(CCC(C)C)C1(N(C)C)CCC(C)CC1. The molecule has 18 heavy (non-hydrogen) atoms. The summed E-state index contributed by atoms with van der Waals surface area (Å²) >= 11 is 0. The van der Waals surface area contributed by atoms with Crippen LogP contribution in [0.15, 0.2) is 0 Å². The lowest BCUT2D eigenvalue weighted by molar-refractivity contribution is 0.0412. The Kier molecular flexibility index (Phi) is 6.13. The van der Waals surface area contributed by atoms with E-state index in [4.69, 9.17) is 0 Å². The Balaban J connectivity index is 2.74. The molecule has 0 radical (unpaired) electrons. The lowest BCUT2D eigenvalue weighted by Crippen LogP contribution is -2.59.